The highest BCUT2D eigenvalue weighted by Crippen LogP contribution is 2.24. The van der Waals surface area contributed by atoms with Gasteiger partial charge in [0.05, 0.1) is 6.20 Å². The lowest BCUT2D eigenvalue weighted by molar-refractivity contribution is 0.0683. The Hall–Kier alpha value is -1.52. The van der Waals surface area contributed by atoms with Gasteiger partial charge in [-0.25, -0.2) is 9.78 Å². The van der Waals surface area contributed by atoms with Crippen LogP contribution >= 0.6 is 0 Å². The van der Waals surface area contributed by atoms with E-state index in [9.17, 15) is 4.79 Å². The van der Waals surface area contributed by atoms with E-state index >= 15 is 0 Å². The second kappa shape index (κ2) is 4.77. The van der Waals surface area contributed by atoms with Crippen LogP contribution in [0.5, 0.6) is 0 Å². The number of aromatic nitrogens is 2. The molecular weight excluding hydrogens is 218 g/mol. The van der Waals surface area contributed by atoms with Crippen molar-refractivity contribution in [2.75, 3.05) is 5.32 Å². The number of hydrogen-bond acceptors (Lipinski definition) is 3. The van der Waals surface area contributed by atoms with E-state index < -0.39 is 5.97 Å². The fourth-order valence-electron chi connectivity index (χ4n) is 2.40. The summed E-state index contributed by atoms with van der Waals surface area (Å²) in [5.74, 6) is -0.241. The Morgan fingerprint density at radius 3 is 2.71 bits per heavy atom. The van der Waals surface area contributed by atoms with E-state index in [0.717, 1.165) is 12.8 Å². The van der Waals surface area contributed by atoms with Gasteiger partial charge >= 0.3 is 5.97 Å². The molecule has 0 radical (unpaired) electrons. The maximum atomic E-state index is 11.1. The molecule has 5 nitrogen and oxygen atoms in total. The molecule has 0 unspecified atom stereocenters. The van der Waals surface area contributed by atoms with E-state index in [1.54, 1.807) is 4.57 Å². The van der Waals surface area contributed by atoms with Crippen molar-refractivity contribution in [3.8, 4) is 0 Å². The third-order valence-electron chi connectivity index (χ3n) is 3.22. The van der Waals surface area contributed by atoms with Crippen molar-refractivity contribution < 1.29 is 9.90 Å². The summed E-state index contributed by atoms with van der Waals surface area (Å²) in [7, 11) is 0. The van der Waals surface area contributed by atoms with Crippen molar-refractivity contribution in [3.63, 3.8) is 0 Å². The van der Waals surface area contributed by atoms with Crippen LogP contribution in [0.15, 0.2) is 6.20 Å². The Balaban J connectivity index is 2.23. The van der Waals surface area contributed by atoms with Crippen LogP contribution in [0.1, 0.15) is 56.1 Å². The van der Waals surface area contributed by atoms with Crippen LogP contribution in [0, 0.1) is 0 Å². The summed E-state index contributed by atoms with van der Waals surface area (Å²) in [4.78, 5) is 15.3. The number of carboxylic acid groups (broad SMARTS) is 1. The van der Waals surface area contributed by atoms with E-state index in [0.29, 0.717) is 12.0 Å². The first-order valence-corrected chi connectivity index (χ1v) is 6.16. The first-order valence-electron chi connectivity index (χ1n) is 6.16. The van der Waals surface area contributed by atoms with Crippen LogP contribution in [0.4, 0.5) is 5.95 Å². The van der Waals surface area contributed by atoms with Gasteiger partial charge in [-0.2, -0.15) is 0 Å². The van der Waals surface area contributed by atoms with Crippen LogP contribution in [0.2, 0.25) is 0 Å². The number of carboxylic acids is 1. The monoisotopic (exact) mass is 237 g/mol. The topological polar surface area (TPSA) is 67.2 Å². The summed E-state index contributed by atoms with van der Waals surface area (Å²) in [6.45, 7) is 3.93. The van der Waals surface area contributed by atoms with Crippen molar-refractivity contribution in [2.24, 2.45) is 0 Å². The van der Waals surface area contributed by atoms with Gasteiger partial charge in [0.2, 0.25) is 5.95 Å². The summed E-state index contributed by atoms with van der Waals surface area (Å²) in [5.41, 5.74) is 0.250. The number of nitrogens with zero attached hydrogens (tertiary/aromatic N) is 2. The van der Waals surface area contributed by atoms with Crippen molar-refractivity contribution in [3.05, 3.63) is 11.9 Å². The van der Waals surface area contributed by atoms with Crippen LogP contribution in [-0.2, 0) is 0 Å². The average Bonchev–Trinajstić information content (AvgIpc) is 2.86. The Kier molecular flexibility index (Phi) is 3.36. The number of hydrogen-bond donors (Lipinski definition) is 2. The minimum atomic E-state index is -0.925. The molecule has 1 saturated carbocycles. The lowest BCUT2D eigenvalue weighted by Gasteiger charge is -2.18. The maximum Gasteiger partial charge on any atom is 0.354 e. The van der Waals surface area contributed by atoms with Gasteiger partial charge in [-0.1, -0.05) is 12.8 Å². The van der Waals surface area contributed by atoms with Gasteiger partial charge in [-0.05, 0) is 26.7 Å². The first kappa shape index (κ1) is 12.0. The molecule has 0 spiro atoms. The molecule has 1 aliphatic carbocycles. The van der Waals surface area contributed by atoms with Crippen LogP contribution in [0.25, 0.3) is 0 Å². The zero-order chi connectivity index (χ0) is 12.4. The molecule has 1 aliphatic rings. The Labute approximate surface area is 101 Å². The highest BCUT2D eigenvalue weighted by atomic mass is 16.4. The Morgan fingerprint density at radius 1 is 1.53 bits per heavy atom. The smallest absolute Gasteiger partial charge is 0.354 e. The van der Waals surface area contributed by atoms with Gasteiger partial charge in [-0.15, -0.1) is 0 Å². The van der Waals surface area contributed by atoms with Crippen molar-refractivity contribution in [1.82, 2.24) is 9.55 Å². The molecule has 0 amide bonds. The second-order valence-electron chi connectivity index (χ2n) is 4.86. The Morgan fingerprint density at radius 2 is 2.18 bits per heavy atom. The fraction of sp³-hybridized carbons (Fsp3) is 0.667. The highest BCUT2D eigenvalue weighted by molar-refractivity contribution is 5.86. The summed E-state index contributed by atoms with van der Waals surface area (Å²) in [6, 6.07) is 0.532. The quantitative estimate of drug-likeness (QED) is 0.844. The van der Waals surface area contributed by atoms with Gasteiger partial charge in [0.25, 0.3) is 0 Å². The normalized spacial score (nSPS) is 16.6. The van der Waals surface area contributed by atoms with E-state index in [-0.39, 0.29) is 11.7 Å². The van der Waals surface area contributed by atoms with Crippen molar-refractivity contribution >= 4 is 11.9 Å². The molecule has 94 valence electrons. The SMILES string of the molecule is CC(C)n1c(C(=O)O)cnc1NC1CCCC1. The third-order valence-corrected chi connectivity index (χ3v) is 3.22. The minimum Gasteiger partial charge on any atom is -0.477 e. The van der Waals surface area contributed by atoms with E-state index in [2.05, 4.69) is 10.3 Å². The molecule has 5 heteroatoms. The molecule has 2 rings (SSSR count). The number of imidazole rings is 1. The van der Waals surface area contributed by atoms with Gasteiger partial charge in [-0.3, -0.25) is 0 Å². The van der Waals surface area contributed by atoms with Gasteiger partial charge < -0.3 is 15.0 Å². The molecule has 1 aromatic rings. The van der Waals surface area contributed by atoms with Gasteiger partial charge in [0, 0.05) is 12.1 Å². The number of rotatable bonds is 4. The van der Waals surface area contributed by atoms with Crippen molar-refractivity contribution in [2.45, 2.75) is 51.6 Å². The molecule has 17 heavy (non-hydrogen) atoms. The zero-order valence-electron chi connectivity index (χ0n) is 10.3. The molecule has 1 heterocycles. The molecule has 0 atom stereocenters. The molecule has 0 aromatic carbocycles. The summed E-state index contributed by atoms with van der Waals surface area (Å²) in [5, 5.41) is 12.5. The third kappa shape index (κ3) is 2.43. The molecular formula is C12H19N3O2. The predicted molar refractivity (Wildman–Crippen MR) is 65.5 cm³/mol. The van der Waals surface area contributed by atoms with E-state index in [1.807, 2.05) is 13.8 Å². The van der Waals surface area contributed by atoms with Crippen LogP contribution < -0.4 is 5.32 Å². The summed E-state index contributed by atoms with van der Waals surface area (Å²) < 4.78 is 1.75. The maximum absolute atomic E-state index is 11.1. The largest absolute Gasteiger partial charge is 0.477 e. The number of anilines is 1. The molecule has 2 N–H and O–H groups in total. The first-order chi connectivity index (χ1) is 8.09. The highest BCUT2D eigenvalue weighted by Gasteiger charge is 2.21. The number of aromatic carboxylic acids is 1. The standard InChI is InChI=1S/C12H19N3O2/c1-8(2)15-10(11(16)17)7-13-12(15)14-9-5-3-4-6-9/h7-9H,3-6H2,1-2H3,(H,13,14)(H,16,17). The van der Waals surface area contributed by atoms with Crippen LogP contribution in [-0.4, -0.2) is 26.7 Å². The molecule has 1 aromatic heterocycles. The van der Waals surface area contributed by atoms with Gasteiger partial charge in [0.15, 0.2) is 0 Å². The lowest BCUT2D eigenvalue weighted by atomic mass is 10.2. The summed E-state index contributed by atoms with van der Waals surface area (Å²) >= 11 is 0. The molecule has 1 fully saturated rings. The number of carbonyl (C=O) groups is 1. The predicted octanol–water partition coefficient (Wildman–Crippen LogP) is 2.52. The van der Waals surface area contributed by atoms with E-state index in [4.69, 9.17) is 5.11 Å². The molecule has 0 aliphatic heterocycles. The van der Waals surface area contributed by atoms with Crippen molar-refractivity contribution in [1.29, 1.82) is 0 Å². The number of nitrogens with one attached hydrogen (secondary N) is 1. The fourth-order valence-corrected chi connectivity index (χ4v) is 2.40. The molecule has 0 bridgehead atoms. The van der Waals surface area contributed by atoms with Crippen LogP contribution in [0.3, 0.4) is 0 Å². The molecule has 0 saturated heterocycles. The Bertz CT molecular complexity index is 406. The minimum absolute atomic E-state index is 0.0903. The summed E-state index contributed by atoms with van der Waals surface area (Å²) in [6.07, 6.45) is 6.21. The second-order valence-corrected chi connectivity index (χ2v) is 4.86. The van der Waals surface area contributed by atoms with Gasteiger partial charge in [0.1, 0.15) is 5.69 Å². The lowest BCUT2D eigenvalue weighted by Crippen LogP contribution is -2.20. The average molecular weight is 237 g/mol. The zero-order valence-corrected chi connectivity index (χ0v) is 10.3. The van der Waals surface area contributed by atoms with E-state index in [1.165, 1.54) is 19.0 Å².